The van der Waals surface area contributed by atoms with Crippen LogP contribution in [0.25, 0.3) is 0 Å². The molecule has 1 rings (SSSR count). The van der Waals surface area contributed by atoms with Crippen molar-refractivity contribution in [2.24, 2.45) is 5.92 Å². The summed E-state index contributed by atoms with van der Waals surface area (Å²) in [7, 11) is 0. The summed E-state index contributed by atoms with van der Waals surface area (Å²) in [5, 5.41) is 12.6. The Hall–Kier alpha value is -1.30. The van der Waals surface area contributed by atoms with Crippen molar-refractivity contribution in [2.45, 2.75) is 20.0 Å². The average molecular weight is 217 g/mol. The highest BCUT2D eigenvalue weighted by Gasteiger charge is 2.06. The van der Waals surface area contributed by atoms with Crippen molar-refractivity contribution in [3.63, 3.8) is 0 Å². The molecule has 0 aromatic heterocycles. The van der Waals surface area contributed by atoms with Gasteiger partial charge >= 0.3 is 0 Å². The molecule has 2 heteroatoms. The van der Waals surface area contributed by atoms with Crippen LogP contribution in [0.15, 0.2) is 30.3 Å². The molecule has 2 nitrogen and oxygen atoms in total. The molecule has 86 valence electrons. The minimum absolute atomic E-state index is 0.287. The van der Waals surface area contributed by atoms with Gasteiger partial charge in [-0.15, -0.1) is 0 Å². The lowest BCUT2D eigenvalue weighted by molar-refractivity contribution is 0.125. The van der Waals surface area contributed by atoms with E-state index in [9.17, 15) is 5.11 Å². The number of hydrogen-bond donors (Lipinski definition) is 2. The van der Waals surface area contributed by atoms with Gasteiger partial charge in [-0.3, -0.25) is 0 Å². The molecule has 1 aromatic carbocycles. The highest BCUT2D eigenvalue weighted by Crippen LogP contribution is 1.98. The minimum atomic E-state index is -0.293. The zero-order chi connectivity index (χ0) is 11.8. The molecule has 0 bridgehead atoms. The first-order valence-corrected chi connectivity index (χ1v) is 5.63. The summed E-state index contributed by atoms with van der Waals surface area (Å²) in [6.07, 6.45) is -0.293. The molecule has 1 aromatic rings. The topological polar surface area (TPSA) is 32.3 Å². The van der Waals surface area contributed by atoms with Crippen molar-refractivity contribution in [3.05, 3.63) is 35.9 Å². The SMILES string of the molecule is CC(C)C(O)CNCC#Cc1ccccc1. The molecule has 0 radical (unpaired) electrons. The Kier molecular flexibility index (Phi) is 5.63. The van der Waals surface area contributed by atoms with E-state index in [1.54, 1.807) is 0 Å². The van der Waals surface area contributed by atoms with Gasteiger partial charge in [-0.25, -0.2) is 0 Å². The highest BCUT2D eigenvalue weighted by atomic mass is 16.3. The van der Waals surface area contributed by atoms with E-state index < -0.39 is 0 Å². The van der Waals surface area contributed by atoms with E-state index in [2.05, 4.69) is 17.2 Å². The predicted molar refractivity (Wildman–Crippen MR) is 67.0 cm³/mol. The van der Waals surface area contributed by atoms with Gasteiger partial charge in [-0.1, -0.05) is 43.9 Å². The van der Waals surface area contributed by atoms with E-state index in [0.717, 1.165) is 5.56 Å². The molecule has 1 unspecified atom stereocenters. The van der Waals surface area contributed by atoms with Crippen LogP contribution in [0.5, 0.6) is 0 Å². The van der Waals surface area contributed by atoms with Crippen molar-refractivity contribution in [1.82, 2.24) is 5.32 Å². The molecular formula is C14H19NO. The van der Waals surface area contributed by atoms with Gasteiger partial charge in [0.1, 0.15) is 0 Å². The van der Waals surface area contributed by atoms with Gasteiger partial charge in [0.25, 0.3) is 0 Å². The van der Waals surface area contributed by atoms with Crippen LogP contribution in [0, 0.1) is 17.8 Å². The van der Waals surface area contributed by atoms with Crippen molar-refractivity contribution in [3.8, 4) is 11.8 Å². The first-order chi connectivity index (χ1) is 7.70. The Balaban J connectivity index is 2.24. The summed E-state index contributed by atoms with van der Waals surface area (Å²) in [6.45, 7) is 5.21. The van der Waals surface area contributed by atoms with Crippen molar-refractivity contribution in [1.29, 1.82) is 0 Å². The lowest BCUT2D eigenvalue weighted by Crippen LogP contribution is -2.30. The third-order valence-electron chi connectivity index (χ3n) is 2.34. The van der Waals surface area contributed by atoms with E-state index in [-0.39, 0.29) is 12.0 Å². The van der Waals surface area contributed by atoms with E-state index in [1.807, 2.05) is 44.2 Å². The van der Waals surface area contributed by atoms with Crippen molar-refractivity contribution >= 4 is 0 Å². The molecule has 2 N–H and O–H groups in total. The Morgan fingerprint density at radius 2 is 1.94 bits per heavy atom. The molecule has 0 aliphatic carbocycles. The van der Waals surface area contributed by atoms with E-state index in [1.165, 1.54) is 0 Å². The first-order valence-electron chi connectivity index (χ1n) is 5.63. The maximum absolute atomic E-state index is 9.53. The van der Waals surface area contributed by atoms with Crippen LogP contribution in [0.3, 0.4) is 0 Å². The molecular weight excluding hydrogens is 198 g/mol. The smallest absolute Gasteiger partial charge is 0.0687 e. The van der Waals surface area contributed by atoms with Gasteiger partial charge in [0, 0.05) is 12.1 Å². The Morgan fingerprint density at radius 3 is 2.56 bits per heavy atom. The highest BCUT2D eigenvalue weighted by molar-refractivity contribution is 5.33. The Labute approximate surface area is 97.7 Å². The first kappa shape index (κ1) is 12.8. The lowest BCUT2D eigenvalue weighted by Gasteiger charge is -2.13. The van der Waals surface area contributed by atoms with Crippen LogP contribution < -0.4 is 5.32 Å². The maximum Gasteiger partial charge on any atom is 0.0687 e. The number of hydrogen-bond acceptors (Lipinski definition) is 2. The molecule has 16 heavy (non-hydrogen) atoms. The van der Waals surface area contributed by atoms with Gasteiger partial charge in [-0.2, -0.15) is 0 Å². The third-order valence-corrected chi connectivity index (χ3v) is 2.34. The van der Waals surface area contributed by atoms with Gasteiger partial charge in [0.2, 0.25) is 0 Å². The van der Waals surface area contributed by atoms with Crippen molar-refractivity contribution in [2.75, 3.05) is 13.1 Å². The molecule has 0 saturated carbocycles. The van der Waals surface area contributed by atoms with E-state index >= 15 is 0 Å². The van der Waals surface area contributed by atoms with Gasteiger partial charge in [0.15, 0.2) is 0 Å². The number of rotatable bonds is 4. The maximum atomic E-state index is 9.53. The lowest BCUT2D eigenvalue weighted by atomic mass is 10.1. The van der Waals surface area contributed by atoms with Gasteiger partial charge in [-0.05, 0) is 18.1 Å². The second-order valence-electron chi connectivity index (χ2n) is 4.11. The fraction of sp³-hybridized carbons (Fsp3) is 0.429. The summed E-state index contributed by atoms with van der Waals surface area (Å²) < 4.78 is 0. The average Bonchev–Trinajstić information content (AvgIpc) is 2.29. The molecule has 1 atom stereocenters. The van der Waals surface area contributed by atoms with Crippen molar-refractivity contribution < 1.29 is 5.11 Å². The molecule has 0 spiro atoms. The summed E-state index contributed by atoms with van der Waals surface area (Å²) in [5.41, 5.74) is 1.02. The number of aliphatic hydroxyl groups excluding tert-OH is 1. The second kappa shape index (κ2) is 7.05. The molecule has 0 aliphatic heterocycles. The summed E-state index contributed by atoms with van der Waals surface area (Å²) >= 11 is 0. The van der Waals surface area contributed by atoms with Gasteiger partial charge in [0.05, 0.1) is 12.6 Å². The molecule has 0 fully saturated rings. The number of benzene rings is 1. The zero-order valence-electron chi connectivity index (χ0n) is 9.90. The van der Waals surface area contributed by atoms with Gasteiger partial charge < -0.3 is 10.4 Å². The Bertz CT molecular complexity index is 348. The largest absolute Gasteiger partial charge is 0.392 e. The fourth-order valence-corrected chi connectivity index (χ4v) is 1.19. The standard InChI is InChI=1S/C14H19NO/c1-12(2)14(16)11-15-10-6-9-13-7-4-3-5-8-13/h3-5,7-8,12,14-16H,10-11H2,1-2H3. The molecule has 0 amide bonds. The van der Waals surface area contributed by atoms with Crippen LogP contribution in [0.4, 0.5) is 0 Å². The quantitative estimate of drug-likeness (QED) is 0.593. The summed E-state index contributed by atoms with van der Waals surface area (Å²) in [6, 6.07) is 9.88. The Morgan fingerprint density at radius 1 is 1.25 bits per heavy atom. The molecule has 0 saturated heterocycles. The third kappa shape index (κ3) is 4.97. The summed E-state index contributed by atoms with van der Waals surface area (Å²) in [5.74, 6) is 6.36. The van der Waals surface area contributed by atoms with Crippen LogP contribution in [0.2, 0.25) is 0 Å². The monoisotopic (exact) mass is 217 g/mol. The predicted octanol–water partition coefficient (Wildman–Crippen LogP) is 1.64. The number of nitrogens with one attached hydrogen (secondary N) is 1. The zero-order valence-corrected chi connectivity index (χ0v) is 9.90. The molecule has 0 aliphatic rings. The second-order valence-corrected chi connectivity index (χ2v) is 4.11. The van der Waals surface area contributed by atoms with Crippen LogP contribution in [-0.4, -0.2) is 24.3 Å². The molecule has 0 heterocycles. The van der Waals surface area contributed by atoms with Crippen LogP contribution in [-0.2, 0) is 0 Å². The van der Waals surface area contributed by atoms with Crippen LogP contribution >= 0.6 is 0 Å². The van der Waals surface area contributed by atoms with Crippen LogP contribution in [0.1, 0.15) is 19.4 Å². The van der Waals surface area contributed by atoms with E-state index in [0.29, 0.717) is 13.1 Å². The van der Waals surface area contributed by atoms with E-state index in [4.69, 9.17) is 0 Å². The summed E-state index contributed by atoms with van der Waals surface area (Å²) in [4.78, 5) is 0. The normalized spacial score (nSPS) is 12.0. The number of aliphatic hydroxyl groups is 1. The fourth-order valence-electron chi connectivity index (χ4n) is 1.19. The minimum Gasteiger partial charge on any atom is -0.392 e.